The van der Waals surface area contributed by atoms with E-state index in [9.17, 15) is 8.42 Å². The summed E-state index contributed by atoms with van der Waals surface area (Å²) in [7, 11) is -3.42. The number of sulfonamides is 1. The predicted octanol–water partition coefficient (Wildman–Crippen LogP) is 3.50. The molecular weight excluding hydrogens is 346 g/mol. The summed E-state index contributed by atoms with van der Waals surface area (Å²) in [5.41, 5.74) is 0.931. The van der Waals surface area contributed by atoms with Crippen LogP contribution in [0.1, 0.15) is 25.3 Å². The Morgan fingerprint density at radius 2 is 2.24 bits per heavy atom. The van der Waals surface area contributed by atoms with Gasteiger partial charge in [0.15, 0.2) is 0 Å². The average molecular weight is 361 g/mol. The van der Waals surface area contributed by atoms with Crippen molar-refractivity contribution in [1.29, 1.82) is 0 Å². The fourth-order valence-corrected chi connectivity index (χ4v) is 5.18. The molecule has 0 aliphatic rings. The highest BCUT2D eigenvalue weighted by Gasteiger charge is 2.21. The van der Waals surface area contributed by atoms with Gasteiger partial charge in [-0.1, -0.05) is 6.92 Å². The Hall–Kier alpha value is 0.380. The number of halogens is 2. The van der Waals surface area contributed by atoms with Crippen LogP contribution in [0.15, 0.2) is 14.1 Å². The standard InChI is InChI=1S/C10H15BrClNO2S2/c1-3-8(4-5-12)13-17(14,15)9-6-7(2)10(11)16-9/h6,8,13H,3-5H2,1-2H3. The summed E-state index contributed by atoms with van der Waals surface area (Å²) < 4.78 is 28.0. The molecule has 0 saturated carbocycles. The van der Waals surface area contributed by atoms with Crippen molar-refractivity contribution in [2.24, 2.45) is 0 Å². The summed E-state index contributed by atoms with van der Waals surface area (Å²) in [6.07, 6.45) is 1.38. The van der Waals surface area contributed by atoms with E-state index in [1.807, 2.05) is 13.8 Å². The number of aryl methyl sites for hydroxylation is 1. The van der Waals surface area contributed by atoms with Gasteiger partial charge in [0.2, 0.25) is 10.0 Å². The molecule has 1 atom stereocenters. The van der Waals surface area contributed by atoms with Gasteiger partial charge in [-0.05, 0) is 47.3 Å². The molecule has 7 heteroatoms. The van der Waals surface area contributed by atoms with Crippen LogP contribution < -0.4 is 4.72 Å². The first kappa shape index (κ1) is 15.4. The second kappa shape index (κ2) is 6.52. The van der Waals surface area contributed by atoms with Crippen LogP contribution in [0, 0.1) is 6.92 Å². The summed E-state index contributed by atoms with van der Waals surface area (Å²) in [6, 6.07) is 1.57. The van der Waals surface area contributed by atoms with E-state index in [1.165, 1.54) is 11.3 Å². The van der Waals surface area contributed by atoms with Crippen LogP contribution in [0.25, 0.3) is 0 Å². The molecule has 1 N–H and O–H groups in total. The lowest BCUT2D eigenvalue weighted by molar-refractivity contribution is 0.533. The van der Waals surface area contributed by atoms with Crippen LogP contribution in [0.4, 0.5) is 0 Å². The second-order valence-corrected chi connectivity index (χ2v) is 8.42. The van der Waals surface area contributed by atoms with Gasteiger partial charge in [-0.3, -0.25) is 0 Å². The minimum Gasteiger partial charge on any atom is -0.207 e. The van der Waals surface area contributed by atoms with Gasteiger partial charge < -0.3 is 0 Å². The van der Waals surface area contributed by atoms with Gasteiger partial charge in [-0.25, -0.2) is 13.1 Å². The Balaban J connectivity index is 2.88. The van der Waals surface area contributed by atoms with Crippen molar-refractivity contribution in [3.05, 3.63) is 15.4 Å². The molecule has 17 heavy (non-hydrogen) atoms. The summed E-state index contributed by atoms with van der Waals surface area (Å²) in [5.74, 6) is 0.453. The van der Waals surface area contributed by atoms with E-state index in [1.54, 1.807) is 6.07 Å². The predicted molar refractivity (Wildman–Crippen MR) is 76.5 cm³/mol. The van der Waals surface area contributed by atoms with Gasteiger partial charge in [0.1, 0.15) is 4.21 Å². The number of thiophene rings is 1. The monoisotopic (exact) mass is 359 g/mol. The van der Waals surface area contributed by atoms with Gasteiger partial charge in [0.25, 0.3) is 0 Å². The first-order valence-corrected chi connectivity index (χ1v) is 8.87. The topological polar surface area (TPSA) is 46.2 Å². The van der Waals surface area contributed by atoms with E-state index in [-0.39, 0.29) is 6.04 Å². The zero-order chi connectivity index (χ0) is 13.1. The van der Waals surface area contributed by atoms with Crippen molar-refractivity contribution < 1.29 is 8.42 Å². The molecule has 1 heterocycles. The minimum atomic E-state index is -3.42. The van der Waals surface area contributed by atoms with E-state index in [0.717, 1.165) is 15.8 Å². The third kappa shape index (κ3) is 4.21. The van der Waals surface area contributed by atoms with E-state index in [2.05, 4.69) is 20.7 Å². The SMILES string of the molecule is CCC(CCCl)NS(=O)(=O)c1cc(C)c(Br)s1. The molecule has 0 aromatic carbocycles. The van der Waals surface area contributed by atoms with E-state index >= 15 is 0 Å². The smallest absolute Gasteiger partial charge is 0.207 e. The average Bonchev–Trinajstić information content (AvgIpc) is 2.59. The Morgan fingerprint density at radius 1 is 1.59 bits per heavy atom. The summed E-state index contributed by atoms with van der Waals surface area (Å²) >= 11 is 10.2. The molecule has 0 fully saturated rings. The first-order chi connectivity index (χ1) is 7.90. The lowest BCUT2D eigenvalue weighted by atomic mass is 10.2. The number of hydrogen-bond donors (Lipinski definition) is 1. The van der Waals surface area contributed by atoms with E-state index < -0.39 is 10.0 Å². The second-order valence-electron chi connectivity index (χ2n) is 3.73. The Kier molecular flexibility index (Phi) is 5.92. The van der Waals surface area contributed by atoms with Crippen LogP contribution >= 0.6 is 38.9 Å². The van der Waals surface area contributed by atoms with Crippen LogP contribution in [0.5, 0.6) is 0 Å². The van der Waals surface area contributed by atoms with Crippen molar-refractivity contribution in [1.82, 2.24) is 4.72 Å². The number of alkyl halides is 1. The number of rotatable bonds is 6. The van der Waals surface area contributed by atoms with Gasteiger partial charge in [-0.15, -0.1) is 22.9 Å². The highest BCUT2D eigenvalue weighted by atomic mass is 79.9. The summed E-state index contributed by atoms with van der Waals surface area (Å²) in [5, 5.41) is 0. The highest BCUT2D eigenvalue weighted by Crippen LogP contribution is 2.30. The van der Waals surface area contributed by atoms with E-state index in [0.29, 0.717) is 16.5 Å². The van der Waals surface area contributed by atoms with Gasteiger partial charge in [0, 0.05) is 11.9 Å². The van der Waals surface area contributed by atoms with Crippen molar-refractivity contribution in [2.45, 2.75) is 36.9 Å². The van der Waals surface area contributed by atoms with Crippen LogP contribution in [0.3, 0.4) is 0 Å². The molecule has 1 aromatic heterocycles. The van der Waals surface area contributed by atoms with E-state index in [4.69, 9.17) is 11.6 Å². The molecule has 0 radical (unpaired) electrons. The molecule has 1 unspecified atom stereocenters. The maximum atomic E-state index is 12.1. The number of hydrogen-bond acceptors (Lipinski definition) is 3. The van der Waals surface area contributed by atoms with Crippen molar-refractivity contribution in [3.63, 3.8) is 0 Å². The third-order valence-corrected chi connectivity index (χ3v) is 6.72. The molecule has 1 rings (SSSR count). The molecule has 3 nitrogen and oxygen atoms in total. The maximum Gasteiger partial charge on any atom is 0.250 e. The zero-order valence-corrected chi connectivity index (χ0v) is 13.6. The van der Waals surface area contributed by atoms with Gasteiger partial charge >= 0.3 is 0 Å². The van der Waals surface area contributed by atoms with Gasteiger partial charge in [0.05, 0.1) is 3.79 Å². The molecule has 98 valence electrons. The van der Waals surface area contributed by atoms with Crippen LogP contribution in [-0.4, -0.2) is 20.3 Å². The molecule has 0 aliphatic carbocycles. The summed E-state index contributed by atoms with van der Waals surface area (Å²) in [6.45, 7) is 3.81. The lowest BCUT2D eigenvalue weighted by Crippen LogP contribution is -2.34. The molecule has 0 spiro atoms. The molecule has 0 aliphatic heterocycles. The maximum absolute atomic E-state index is 12.1. The fraction of sp³-hybridized carbons (Fsp3) is 0.600. The largest absolute Gasteiger partial charge is 0.250 e. The molecule has 0 bridgehead atoms. The Labute approximate surface area is 120 Å². The zero-order valence-electron chi connectivity index (χ0n) is 9.66. The fourth-order valence-electron chi connectivity index (χ4n) is 1.32. The third-order valence-electron chi connectivity index (χ3n) is 2.37. The van der Waals surface area contributed by atoms with Crippen molar-refractivity contribution in [2.75, 3.05) is 5.88 Å². The molecular formula is C10H15BrClNO2S2. The minimum absolute atomic E-state index is 0.0984. The lowest BCUT2D eigenvalue weighted by Gasteiger charge is -2.14. The molecule has 1 aromatic rings. The molecule has 0 amide bonds. The quantitative estimate of drug-likeness (QED) is 0.789. The van der Waals surface area contributed by atoms with Crippen LogP contribution in [0.2, 0.25) is 0 Å². The summed E-state index contributed by atoms with van der Waals surface area (Å²) in [4.78, 5) is 0. The van der Waals surface area contributed by atoms with Crippen molar-refractivity contribution in [3.8, 4) is 0 Å². The first-order valence-electron chi connectivity index (χ1n) is 5.25. The van der Waals surface area contributed by atoms with Crippen molar-refractivity contribution >= 4 is 48.9 Å². The Morgan fingerprint density at radius 3 is 2.65 bits per heavy atom. The van der Waals surface area contributed by atoms with Gasteiger partial charge in [-0.2, -0.15) is 0 Å². The Bertz CT molecular complexity index is 453. The highest BCUT2D eigenvalue weighted by molar-refractivity contribution is 9.11. The normalized spacial score (nSPS) is 13.9. The molecule has 0 saturated heterocycles. The number of nitrogens with one attached hydrogen (secondary N) is 1. The van der Waals surface area contributed by atoms with Crippen LogP contribution in [-0.2, 0) is 10.0 Å².